The number of halogens is 1. The lowest BCUT2D eigenvalue weighted by Gasteiger charge is -2.40. The molecule has 0 amide bonds. The molecule has 1 aliphatic rings. The van der Waals surface area contributed by atoms with Gasteiger partial charge in [-0.2, -0.15) is 0 Å². The van der Waals surface area contributed by atoms with Crippen molar-refractivity contribution in [3.8, 4) is 5.75 Å². The van der Waals surface area contributed by atoms with E-state index in [4.69, 9.17) is 4.74 Å². The number of piperazine rings is 1. The lowest BCUT2D eigenvalue weighted by Crippen LogP contribution is -2.48. The van der Waals surface area contributed by atoms with E-state index in [0.29, 0.717) is 6.54 Å². The summed E-state index contributed by atoms with van der Waals surface area (Å²) in [5.74, 6) is 1.37. The van der Waals surface area contributed by atoms with Crippen LogP contribution in [0.15, 0.2) is 78.9 Å². The molecule has 174 valence electrons. The molecule has 4 aromatic rings. The Morgan fingerprint density at radius 1 is 0.882 bits per heavy atom. The third-order valence-corrected chi connectivity index (χ3v) is 6.28. The maximum atomic E-state index is 13.4. The van der Waals surface area contributed by atoms with Crippen molar-refractivity contribution in [3.63, 3.8) is 0 Å². The fourth-order valence-corrected chi connectivity index (χ4v) is 4.56. The predicted molar refractivity (Wildman–Crippen MR) is 128 cm³/mol. The molecule has 8 heteroatoms. The summed E-state index contributed by atoms with van der Waals surface area (Å²) in [4.78, 5) is 4.67. The molecule has 2 heterocycles. The molecule has 0 bridgehead atoms. The Hall–Kier alpha value is -3.78. The summed E-state index contributed by atoms with van der Waals surface area (Å²) < 4.78 is 21.0. The van der Waals surface area contributed by atoms with Crippen molar-refractivity contribution in [2.75, 3.05) is 38.2 Å². The first-order valence-corrected chi connectivity index (χ1v) is 11.4. The number of hydrogen-bond donors (Lipinski definition) is 0. The Morgan fingerprint density at radius 3 is 2.32 bits per heavy atom. The number of methoxy groups -OCH3 is 1. The van der Waals surface area contributed by atoms with E-state index in [0.717, 1.165) is 54.6 Å². The van der Waals surface area contributed by atoms with Gasteiger partial charge in [0.25, 0.3) is 0 Å². The zero-order valence-corrected chi connectivity index (χ0v) is 19.1. The molecule has 1 saturated heterocycles. The van der Waals surface area contributed by atoms with Crippen LogP contribution in [0.25, 0.3) is 0 Å². The van der Waals surface area contributed by atoms with Gasteiger partial charge in [-0.15, -0.1) is 5.10 Å². The average Bonchev–Trinajstić information content (AvgIpc) is 3.33. The van der Waals surface area contributed by atoms with Crippen LogP contribution in [0.2, 0.25) is 0 Å². The van der Waals surface area contributed by atoms with Gasteiger partial charge in [0.15, 0.2) is 5.82 Å². The molecule has 7 nitrogen and oxygen atoms in total. The van der Waals surface area contributed by atoms with Crippen molar-refractivity contribution >= 4 is 5.69 Å². The molecule has 0 spiro atoms. The van der Waals surface area contributed by atoms with Crippen LogP contribution in [-0.4, -0.2) is 58.4 Å². The molecule has 0 aliphatic carbocycles. The lowest BCUT2D eigenvalue weighted by atomic mass is 10.0. The number of ether oxygens (including phenoxy) is 1. The summed E-state index contributed by atoms with van der Waals surface area (Å²) in [6.45, 7) is 3.83. The van der Waals surface area contributed by atoms with Crippen LogP contribution in [0.3, 0.4) is 0 Å². The van der Waals surface area contributed by atoms with E-state index >= 15 is 0 Å². The smallest absolute Gasteiger partial charge is 0.173 e. The predicted octanol–water partition coefficient (Wildman–Crippen LogP) is 3.78. The highest BCUT2D eigenvalue weighted by Crippen LogP contribution is 2.34. The number of anilines is 1. The van der Waals surface area contributed by atoms with Crippen LogP contribution >= 0.6 is 0 Å². The molecule has 0 radical (unpaired) electrons. The largest absolute Gasteiger partial charge is 0.496 e. The van der Waals surface area contributed by atoms with Crippen LogP contribution in [-0.2, 0) is 6.54 Å². The van der Waals surface area contributed by atoms with E-state index in [1.807, 2.05) is 53.2 Å². The topological polar surface area (TPSA) is 59.3 Å². The summed E-state index contributed by atoms with van der Waals surface area (Å²) in [6.07, 6.45) is 0. The van der Waals surface area contributed by atoms with Gasteiger partial charge >= 0.3 is 0 Å². The fourth-order valence-electron chi connectivity index (χ4n) is 4.56. The van der Waals surface area contributed by atoms with Crippen molar-refractivity contribution in [3.05, 3.63) is 102 Å². The second-order valence-corrected chi connectivity index (χ2v) is 8.32. The number of para-hydroxylation sites is 1. The van der Waals surface area contributed by atoms with Gasteiger partial charge in [0, 0.05) is 37.4 Å². The number of tetrazole rings is 1. The standard InChI is InChI=1S/C26H27FN6O/c1-34-24-10-6-5-9-23(24)25(26-28-29-30-33(26)19-20-7-3-2-4-8-20)32-17-15-31(16-18-32)22-13-11-21(27)12-14-22/h2-14,25H,15-19H2,1H3. The van der Waals surface area contributed by atoms with E-state index < -0.39 is 0 Å². The zero-order valence-electron chi connectivity index (χ0n) is 19.1. The first kappa shape index (κ1) is 22.0. The molecule has 3 aromatic carbocycles. The van der Waals surface area contributed by atoms with Gasteiger partial charge in [-0.05, 0) is 46.3 Å². The first-order valence-electron chi connectivity index (χ1n) is 11.4. The van der Waals surface area contributed by atoms with Crippen molar-refractivity contribution in [1.29, 1.82) is 0 Å². The normalized spacial score (nSPS) is 15.3. The second-order valence-electron chi connectivity index (χ2n) is 8.32. The molecule has 5 rings (SSSR count). The highest BCUT2D eigenvalue weighted by atomic mass is 19.1. The number of rotatable bonds is 7. The van der Waals surface area contributed by atoms with Crippen molar-refractivity contribution in [1.82, 2.24) is 25.1 Å². The molecule has 1 unspecified atom stereocenters. The van der Waals surface area contributed by atoms with Gasteiger partial charge < -0.3 is 9.64 Å². The molecule has 1 aromatic heterocycles. The Morgan fingerprint density at radius 2 is 1.59 bits per heavy atom. The number of nitrogens with zero attached hydrogens (tertiary/aromatic N) is 6. The molecule has 1 fully saturated rings. The van der Waals surface area contributed by atoms with E-state index in [1.165, 1.54) is 12.1 Å². The third-order valence-electron chi connectivity index (χ3n) is 6.28. The lowest BCUT2D eigenvalue weighted by molar-refractivity contribution is 0.198. The molecule has 1 aliphatic heterocycles. The molecular formula is C26H27FN6O. The Labute approximate surface area is 198 Å². The number of aromatic nitrogens is 4. The van der Waals surface area contributed by atoms with E-state index in [-0.39, 0.29) is 11.9 Å². The minimum atomic E-state index is -0.219. The summed E-state index contributed by atoms with van der Waals surface area (Å²) in [5.41, 5.74) is 3.20. The van der Waals surface area contributed by atoms with Gasteiger partial charge in [-0.25, -0.2) is 9.07 Å². The molecule has 1 atom stereocenters. The monoisotopic (exact) mass is 458 g/mol. The minimum Gasteiger partial charge on any atom is -0.496 e. The molecular weight excluding hydrogens is 431 g/mol. The fraction of sp³-hybridized carbons (Fsp3) is 0.269. The molecule has 0 N–H and O–H groups in total. The van der Waals surface area contributed by atoms with E-state index in [1.54, 1.807) is 7.11 Å². The quantitative estimate of drug-likeness (QED) is 0.420. The maximum Gasteiger partial charge on any atom is 0.173 e. The molecule has 0 saturated carbocycles. The second kappa shape index (κ2) is 10.0. The van der Waals surface area contributed by atoms with Crippen LogP contribution in [0.4, 0.5) is 10.1 Å². The number of benzene rings is 3. The highest BCUT2D eigenvalue weighted by Gasteiger charge is 2.32. The Kier molecular flexibility index (Phi) is 6.49. The Bertz CT molecular complexity index is 1210. The minimum absolute atomic E-state index is 0.162. The van der Waals surface area contributed by atoms with Gasteiger partial charge in [0.2, 0.25) is 0 Å². The van der Waals surface area contributed by atoms with Crippen molar-refractivity contribution < 1.29 is 9.13 Å². The van der Waals surface area contributed by atoms with Crippen LogP contribution < -0.4 is 9.64 Å². The maximum absolute atomic E-state index is 13.4. The van der Waals surface area contributed by atoms with Crippen molar-refractivity contribution in [2.24, 2.45) is 0 Å². The van der Waals surface area contributed by atoms with Gasteiger partial charge in [-0.3, -0.25) is 4.90 Å². The van der Waals surface area contributed by atoms with Crippen LogP contribution in [0, 0.1) is 5.82 Å². The average molecular weight is 459 g/mol. The van der Waals surface area contributed by atoms with Crippen molar-refractivity contribution in [2.45, 2.75) is 12.6 Å². The van der Waals surface area contributed by atoms with Gasteiger partial charge in [0.05, 0.1) is 13.7 Å². The number of hydrogen-bond acceptors (Lipinski definition) is 6. The summed E-state index contributed by atoms with van der Waals surface area (Å²) in [6, 6.07) is 24.8. The summed E-state index contributed by atoms with van der Waals surface area (Å²) in [5, 5.41) is 12.8. The summed E-state index contributed by atoms with van der Waals surface area (Å²) >= 11 is 0. The van der Waals surface area contributed by atoms with Gasteiger partial charge in [0.1, 0.15) is 17.6 Å². The zero-order chi connectivity index (χ0) is 23.3. The van der Waals surface area contributed by atoms with E-state index in [9.17, 15) is 4.39 Å². The molecule has 34 heavy (non-hydrogen) atoms. The highest BCUT2D eigenvalue weighted by molar-refractivity contribution is 5.47. The van der Waals surface area contributed by atoms with Gasteiger partial charge in [-0.1, -0.05) is 48.5 Å². The van der Waals surface area contributed by atoms with Crippen LogP contribution in [0.1, 0.15) is 23.0 Å². The Balaban J connectivity index is 1.45. The third kappa shape index (κ3) is 4.63. The first-order chi connectivity index (χ1) is 16.7. The van der Waals surface area contributed by atoms with Crippen LogP contribution in [0.5, 0.6) is 5.75 Å². The SMILES string of the molecule is COc1ccccc1C(c1nnnn1Cc1ccccc1)N1CCN(c2ccc(F)cc2)CC1. The summed E-state index contributed by atoms with van der Waals surface area (Å²) in [7, 11) is 1.69. The van der Waals surface area contributed by atoms with E-state index in [2.05, 4.69) is 43.5 Å².